The van der Waals surface area contributed by atoms with Gasteiger partial charge in [-0.25, -0.2) is 4.39 Å². The van der Waals surface area contributed by atoms with Gasteiger partial charge in [0.15, 0.2) is 11.0 Å². The minimum absolute atomic E-state index is 0.130. The number of carbonyl (C=O) groups is 1. The highest BCUT2D eigenvalue weighted by molar-refractivity contribution is 7.99. The largest absolute Gasteiger partial charge is 0.300 e. The molecule has 2 aromatic heterocycles. The number of halogens is 1. The Morgan fingerprint density at radius 3 is 2.89 bits per heavy atom. The number of amides is 1. The molecule has 3 aromatic rings. The second kappa shape index (κ2) is 8.19. The molecule has 7 nitrogen and oxygen atoms in total. The lowest BCUT2D eigenvalue weighted by Gasteiger charge is -2.08. The van der Waals surface area contributed by atoms with Gasteiger partial charge in [0.1, 0.15) is 10.8 Å². The van der Waals surface area contributed by atoms with Gasteiger partial charge in [-0.15, -0.1) is 27.0 Å². The summed E-state index contributed by atoms with van der Waals surface area (Å²) in [4.78, 5) is 12.2. The van der Waals surface area contributed by atoms with Gasteiger partial charge >= 0.3 is 0 Å². The normalized spacial score (nSPS) is 13.5. The molecule has 10 heteroatoms. The molecule has 28 heavy (non-hydrogen) atoms. The van der Waals surface area contributed by atoms with Crippen LogP contribution in [-0.4, -0.2) is 36.6 Å². The molecule has 1 amide bonds. The molecule has 2 heterocycles. The molecule has 0 spiro atoms. The first kappa shape index (κ1) is 18.8. The minimum atomic E-state index is -0.378. The molecule has 0 saturated heterocycles. The van der Waals surface area contributed by atoms with Crippen molar-refractivity contribution in [3.05, 3.63) is 47.7 Å². The Hall–Kier alpha value is -2.59. The van der Waals surface area contributed by atoms with Gasteiger partial charge in [-0.05, 0) is 25.0 Å². The summed E-state index contributed by atoms with van der Waals surface area (Å²) in [6.45, 7) is 4.14. The highest BCUT2D eigenvalue weighted by Gasteiger charge is 2.27. The third-order valence-electron chi connectivity index (χ3n) is 4.09. The van der Waals surface area contributed by atoms with Gasteiger partial charge in [0.2, 0.25) is 11.0 Å². The van der Waals surface area contributed by atoms with Crippen molar-refractivity contribution < 1.29 is 9.18 Å². The second-order valence-corrected chi connectivity index (χ2v) is 8.19. The van der Waals surface area contributed by atoms with Crippen LogP contribution in [0.3, 0.4) is 0 Å². The fraction of sp³-hybridized carbons (Fsp3) is 0.278. The summed E-state index contributed by atoms with van der Waals surface area (Å²) in [6, 6.07) is 6.38. The number of thioether (sulfide) groups is 1. The first-order chi connectivity index (χ1) is 13.7. The molecule has 1 fully saturated rings. The van der Waals surface area contributed by atoms with Crippen molar-refractivity contribution in [2.75, 3.05) is 11.1 Å². The van der Waals surface area contributed by atoms with E-state index in [0.29, 0.717) is 34.1 Å². The van der Waals surface area contributed by atoms with E-state index in [1.807, 2.05) is 0 Å². The van der Waals surface area contributed by atoms with Crippen molar-refractivity contribution in [3.8, 4) is 11.4 Å². The van der Waals surface area contributed by atoms with E-state index in [0.717, 1.165) is 17.8 Å². The smallest absolute Gasteiger partial charge is 0.236 e. The molecule has 1 aromatic carbocycles. The average molecular weight is 417 g/mol. The van der Waals surface area contributed by atoms with E-state index in [2.05, 4.69) is 32.3 Å². The molecule has 1 aliphatic rings. The number of nitrogens with one attached hydrogen (secondary N) is 1. The Balaban J connectivity index is 1.44. The quantitative estimate of drug-likeness (QED) is 0.445. The van der Waals surface area contributed by atoms with Crippen LogP contribution in [0.5, 0.6) is 0 Å². The number of hydrogen-bond donors (Lipinski definition) is 1. The maximum atomic E-state index is 14.1. The molecule has 1 aliphatic carbocycles. The fourth-order valence-corrected chi connectivity index (χ4v) is 4.27. The molecule has 4 rings (SSSR count). The number of aromatic nitrogens is 5. The minimum Gasteiger partial charge on any atom is -0.300 e. The SMILES string of the molecule is C=CCn1c(SCC(=O)Nc2nnc(C3CC3)s2)nnc1-c1ccccc1F. The number of anilines is 1. The Morgan fingerprint density at radius 2 is 2.14 bits per heavy atom. The van der Waals surface area contributed by atoms with Crippen LogP contribution in [0.25, 0.3) is 11.4 Å². The van der Waals surface area contributed by atoms with Crippen LogP contribution in [0.2, 0.25) is 0 Å². The lowest BCUT2D eigenvalue weighted by Crippen LogP contribution is -2.14. The van der Waals surface area contributed by atoms with E-state index in [9.17, 15) is 9.18 Å². The summed E-state index contributed by atoms with van der Waals surface area (Å²) in [7, 11) is 0. The fourth-order valence-electron chi connectivity index (χ4n) is 2.60. The van der Waals surface area contributed by atoms with Crippen molar-refractivity contribution in [3.63, 3.8) is 0 Å². The number of benzene rings is 1. The predicted octanol–water partition coefficient (Wildman–Crippen LogP) is 3.73. The van der Waals surface area contributed by atoms with Crippen LogP contribution in [0.1, 0.15) is 23.8 Å². The van der Waals surface area contributed by atoms with E-state index in [1.54, 1.807) is 28.8 Å². The van der Waals surface area contributed by atoms with Crippen LogP contribution < -0.4 is 5.32 Å². The zero-order valence-corrected chi connectivity index (χ0v) is 16.5. The molecule has 0 atom stereocenters. The predicted molar refractivity (Wildman–Crippen MR) is 107 cm³/mol. The van der Waals surface area contributed by atoms with Crippen LogP contribution in [0.15, 0.2) is 42.1 Å². The zero-order chi connectivity index (χ0) is 19.5. The maximum Gasteiger partial charge on any atom is 0.236 e. The standard InChI is InChI=1S/C18H17FN6OS2/c1-2-9-25-15(12-5-3-4-6-13(12)19)21-24-18(25)27-10-14(26)20-17-23-22-16(28-17)11-7-8-11/h2-6,11H,1,7-10H2,(H,20,23,26). The molecule has 0 bridgehead atoms. The van der Waals surface area contributed by atoms with Crippen LogP contribution >= 0.6 is 23.1 Å². The molecule has 0 radical (unpaired) electrons. The monoisotopic (exact) mass is 416 g/mol. The lowest BCUT2D eigenvalue weighted by atomic mass is 10.2. The molecule has 144 valence electrons. The number of carbonyl (C=O) groups excluding carboxylic acids is 1. The van der Waals surface area contributed by atoms with E-state index >= 15 is 0 Å². The Kier molecular flexibility index (Phi) is 5.49. The topological polar surface area (TPSA) is 85.6 Å². The van der Waals surface area contributed by atoms with Crippen molar-refractivity contribution >= 4 is 34.1 Å². The second-order valence-electron chi connectivity index (χ2n) is 6.24. The first-order valence-corrected chi connectivity index (χ1v) is 10.5. The highest BCUT2D eigenvalue weighted by atomic mass is 32.2. The summed E-state index contributed by atoms with van der Waals surface area (Å²) in [5.74, 6) is 0.456. The van der Waals surface area contributed by atoms with Gasteiger partial charge in [-0.1, -0.05) is 41.3 Å². The highest BCUT2D eigenvalue weighted by Crippen LogP contribution is 2.42. The molecular weight excluding hydrogens is 399 g/mol. The summed E-state index contributed by atoms with van der Waals surface area (Å²) >= 11 is 2.64. The van der Waals surface area contributed by atoms with Gasteiger partial charge in [0.05, 0.1) is 11.3 Å². The van der Waals surface area contributed by atoms with Gasteiger partial charge in [-0.2, -0.15) is 0 Å². The van der Waals surface area contributed by atoms with Crippen molar-refractivity contribution in [1.82, 2.24) is 25.0 Å². The summed E-state index contributed by atoms with van der Waals surface area (Å²) in [5.41, 5.74) is 0.356. The summed E-state index contributed by atoms with van der Waals surface area (Å²) < 4.78 is 15.9. The first-order valence-electron chi connectivity index (χ1n) is 8.70. The maximum absolute atomic E-state index is 14.1. The lowest BCUT2D eigenvalue weighted by molar-refractivity contribution is -0.113. The van der Waals surface area contributed by atoms with Crippen LogP contribution in [0.4, 0.5) is 9.52 Å². The molecule has 1 N–H and O–H groups in total. The van der Waals surface area contributed by atoms with Crippen molar-refractivity contribution in [2.24, 2.45) is 0 Å². The molecule has 1 saturated carbocycles. The van der Waals surface area contributed by atoms with Crippen molar-refractivity contribution in [1.29, 1.82) is 0 Å². The van der Waals surface area contributed by atoms with Crippen molar-refractivity contribution in [2.45, 2.75) is 30.5 Å². The van der Waals surface area contributed by atoms with Gasteiger partial charge in [0, 0.05) is 12.5 Å². The third kappa shape index (κ3) is 4.12. The number of rotatable bonds is 8. The Morgan fingerprint density at radius 1 is 1.32 bits per heavy atom. The van der Waals surface area contributed by atoms with E-state index in [1.165, 1.54) is 29.2 Å². The molecule has 0 aliphatic heterocycles. The van der Waals surface area contributed by atoms with Crippen LogP contribution in [-0.2, 0) is 11.3 Å². The van der Waals surface area contributed by atoms with E-state index in [4.69, 9.17) is 0 Å². The molecular formula is C18H17FN6OS2. The third-order valence-corrected chi connectivity index (χ3v) is 6.06. The summed E-state index contributed by atoms with van der Waals surface area (Å²) in [6.07, 6.45) is 3.96. The Bertz CT molecular complexity index is 1010. The van der Waals surface area contributed by atoms with Crippen LogP contribution in [0, 0.1) is 5.82 Å². The number of allylic oxidation sites excluding steroid dienone is 1. The zero-order valence-electron chi connectivity index (χ0n) is 14.8. The van der Waals surface area contributed by atoms with Gasteiger partial charge in [0.25, 0.3) is 0 Å². The van der Waals surface area contributed by atoms with Gasteiger partial charge in [-0.3, -0.25) is 14.7 Å². The van der Waals surface area contributed by atoms with Gasteiger partial charge < -0.3 is 0 Å². The van der Waals surface area contributed by atoms with E-state index < -0.39 is 0 Å². The number of nitrogens with zero attached hydrogens (tertiary/aromatic N) is 5. The average Bonchev–Trinajstić information content (AvgIpc) is 3.31. The summed E-state index contributed by atoms with van der Waals surface area (Å²) in [5, 5.41) is 21.1. The molecule has 0 unspecified atom stereocenters. The van der Waals surface area contributed by atoms with E-state index in [-0.39, 0.29) is 17.5 Å². The Labute approximate surface area is 169 Å². The number of hydrogen-bond acceptors (Lipinski definition) is 7.